The van der Waals surface area contributed by atoms with E-state index in [0.717, 1.165) is 24.0 Å². The molecule has 1 aromatic heterocycles. The molecule has 0 aliphatic carbocycles. The Balaban J connectivity index is 1.72. The Hall–Kier alpha value is -4.21. The van der Waals surface area contributed by atoms with Gasteiger partial charge in [-0.25, -0.2) is 14.0 Å². The first-order valence-corrected chi connectivity index (χ1v) is 14.2. The Morgan fingerprint density at radius 3 is 2.24 bits per heavy atom. The highest BCUT2D eigenvalue weighted by Gasteiger charge is 2.31. The highest BCUT2D eigenvalue weighted by Crippen LogP contribution is 2.34. The molecule has 10 heteroatoms. The van der Waals surface area contributed by atoms with E-state index in [1.54, 1.807) is 28.1 Å². The number of rotatable bonds is 8. The second-order valence-electron chi connectivity index (χ2n) is 11.3. The largest absolute Gasteiger partial charge is 0.490 e. The summed E-state index contributed by atoms with van der Waals surface area (Å²) in [6, 6.07) is 9.59. The second-order valence-corrected chi connectivity index (χ2v) is 11.3. The van der Waals surface area contributed by atoms with Gasteiger partial charge in [0.05, 0.1) is 19.3 Å². The molecule has 2 amide bonds. The molecule has 3 aromatic rings. The number of nitrogens with zero attached hydrogens (tertiary/aromatic N) is 3. The van der Waals surface area contributed by atoms with Gasteiger partial charge in [-0.3, -0.25) is 9.78 Å². The highest BCUT2D eigenvalue weighted by molar-refractivity contribution is 6.12. The molecule has 0 radical (unpaired) electrons. The maximum atomic E-state index is 14.0. The minimum absolute atomic E-state index is 0.121. The summed E-state index contributed by atoms with van der Waals surface area (Å²) in [5.41, 5.74) is 1.86. The fraction of sp³-hybridized carbons (Fsp3) is 0.438. The first-order chi connectivity index (χ1) is 20.0. The van der Waals surface area contributed by atoms with Crippen LogP contribution in [0.15, 0.2) is 42.6 Å². The molecule has 224 valence electrons. The van der Waals surface area contributed by atoms with Gasteiger partial charge in [0.2, 0.25) is 0 Å². The number of methoxy groups -OCH3 is 1. The number of ether oxygens (including phenoxy) is 3. The van der Waals surface area contributed by atoms with Gasteiger partial charge in [-0.2, -0.15) is 0 Å². The number of hydrogen-bond acceptors (Lipinski definition) is 7. The van der Waals surface area contributed by atoms with E-state index in [9.17, 15) is 18.8 Å². The van der Waals surface area contributed by atoms with Gasteiger partial charge in [0.25, 0.3) is 5.91 Å². The number of pyridine rings is 1. The van der Waals surface area contributed by atoms with Crippen LogP contribution in [0, 0.1) is 5.82 Å². The van der Waals surface area contributed by atoms with Crippen molar-refractivity contribution in [2.24, 2.45) is 0 Å². The van der Waals surface area contributed by atoms with Crippen molar-refractivity contribution in [3.8, 4) is 5.75 Å². The van der Waals surface area contributed by atoms with Crippen molar-refractivity contribution >= 4 is 28.9 Å². The van der Waals surface area contributed by atoms with Gasteiger partial charge < -0.3 is 24.0 Å². The predicted molar refractivity (Wildman–Crippen MR) is 156 cm³/mol. The zero-order valence-electron chi connectivity index (χ0n) is 24.9. The number of carbonyl (C=O) groups is 3. The number of aromatic nitrogens is 1. The zero-order chi connectivity index (χ0) is 30.4. The number of hydrogen-bond donors (Lipinski definition) is 0. The lowest BCUT2D eigenvalue weighted by Gasteiger charge is -2.35. The van der Waals surface area contributed by atoms with Crippen LogP contribution in [0.3, 0.4) is 0 Å². The van der Waals surface area contributed by atoms with Crippen molar-refractivity contribution in [2.75, 3.05) is 39.9 Å². The van der Waals surface area contributed by atoms with Crippen LogP contribution in [0.1, 0.15) is 72.4 Å². The van der Waals surface area contributed by atoms with Gasteiger partial charge in [0, 0.05) is 37.8 Å². The molecule has 0 saturated carbocycles. The van der Waals surface area contributed by atoms with Gasteiger partial charge in [0.15, 0.2) is 5.75 Å². The first-order valence-electron chi connectivity index (χ1n) is 14.2. The molecule has 9 nitrogen and oxygen atoms in total. The van der Waals surface area contributed by atoms with Gasteiger partial charge in [-0.15, -0.1) is 0 Å². The summed E-state index contributed by atoms with van der Waals surface area (Å²) in [7, 11) is 1.28. The normalized spacial score (nSPS) is 13.7. The Morgan fingerprint density at radius 1 is 0.952 bits per heavy atom. The van der Waals surface area contributed by atoms with Crippen LogP contribution in [0.4, 0.5) is 9.18 Å². The number of unbranched alkanes of at least 4 members (excludes halogenated alkanes) is 1. The summed E-state index contributed by atoms with van der Waals surface area (Å²) in [4.78, 5) is 47.3. The van der Waals surface area contributed by atoms with Crippen LogP contribution in [-0.2, 0) is 15.9 Å². The molecule has 0 bridgehead atoms. The Kier molecular flexibility index (Phi) is 9.65. The third-order valence-corrected chi connectivity index (χ3v) is 6.90. The van der Waals surface area contributed by atoms with Crippen molar-refractivity contribution in [1.29, 1.82) is 0 Å². The summed E-state index contributed by atoms with van der Waals surface area (Å²) < 4.78 is 30.0. The molecule has 1 saturated heterocycles. The number of halogens is 1. The van der Waals surface area contributed by atoms with E-state index >= 15 is 0 Å². The highest BCUT2D eigenvalue weighted by atomic mass is 19.1. The molecule has 2 heterocycles. The smallest absolute Gasteiger partial charge is 0.410 e. The number of esters is 1. The molecule has 0 unspecified atom stereocenters. The molecule has 0 atom stereocenters. The van der Waals surface area contributed by atoms with Crippen molar-refractivity contribution < 1.29 is 33.0 Å². The van der Waals surface area contributed by atoms with E-state index in [0.29, 0.717) is 50.1 Å². The summed E-state index contributed by atoms with van der Waals surface area (Å²) in [5, 5.41) is 0.535. The minimum atomic E-state index is -0.635. The van der Waals surface area contributed by atoms with Crippen molar-refractivity contribution in [3.63, 3.8) is 0 Å². The maximum Gasteiger partial charge on any atom is 0.410 e. The number of amides is 2. The molecule has 42 heavy (non-hydrogen) atoms. The van der Waals surface area contributed by atoms with Gasteiger partial charge in [-0.1, -0.05) is 25.5 Å². The van der Waals surface area contributed by atoms with Crippen LogP contribution in [0.5, 0.6) is 5.75 Å². The maximum absolute atomic E-state index is 14.0. The quantitative estimate of drug-likeness (QED) is 0.252. The average molecular weight is 580 g/mol. The zero-order valence-corrected chi connectivity index (χ0v) is 24.9. The summed E-state index contributed by atoms with van der Waals surface area (Å²) >= 11 is 0. The van der Waals surface area contributed by atoms with E-state index in [4.69, 9.17) is 14.2 Å². The molecular weight excluding hydrogens is 541 g/mol. The molecule has 0 N–H and O–H groups in total. The predicted octanol–water partition coefficient (Wildman–Crippen LogP) is 5.62. The van der Waals surface area contributed by atoms with E-state index in [-0.39, 0.29) is 28.6 Å². The third kappa shape index (κ3) is 7.35. The molecule has 1 aliphatic heterocycles. The number of carbonyl (C=O) groups excluding carboxylic acids is 3. The van der Waals surface area contributed by atoms with Gasteiger partial charge >= 0.3 is 12.1 Å². The van der Waals surface area contributed by atoms with Crippen molar-refractivity contribution in [2.45, 2.75) is 52.6 Å². The average Bonchev–Trinajstić information content (AvgIpc) is 2.96. The van der Waals surface area contributed by atoms with Crippen molar-refractivity contribution in [1.82, 2.24) is 14.8 Å². The Labute approximate surface area is 245 Å². The Bertz CT molecular complexity index is 1440. The van der Waals surface area contributed by atoms with Gasteiger partial charge in [-0.05, 0) is 69.0 Å². The summed E-state index contributed by atoms with van der Waals surface area (Å²) in [5.74, 6) is -0.983. The monoisotopic (exact) mass is 579 g/mol. The van der Waals surface area contributed by atoms with E-state index < -0.39 is 17.7 Å². The molecule has 1 fully saturated rings. The van der Waals surface area contributed by atoms with Crippen LogP contribution >= 0.6 is 0 Å². The van der Waals surface area contributed by atoms with E-state index in [2.05, 4.69) is 4.98 Å². The minimum Gasteiger partial charge on any atom is -0.490 e. The van der Waals surface area contributed by atoms with Crippen molar-refractivity contribution in [3.05, 3.63) is 70.7 Å². The molecule has 4 rings (SSSR count). The fourth-order valence-corrected chi connectivity index (χ4v) is 4.74. The number of fused-ring (bicyclic) bond motifs is 1. The third-order valence-electron chi connectivity index (χ3n) is 6.90. The number of benzene rings is 2. The van der Waals surface area contributed by atoms with E-state index in [1.165, 1.54) is 25.3 Å². The SMILES string of the molecule is CCCCOc1c(C(=O)OC)cc(C(=O)N2CCN(C(=O)OC(C)(C)C)CC2)c2cc(Cc3ccc(F)cc3)cnc12. The molecule has 0 spiro atoms. The molecule has 2 aromatic carbocycles. The van der Waals surface area contributed by atoms with E-state index in [1.807, 2.05) is 33.8 Å². The first kappa shape index (κ1) is 30.7. The topological polar surface area (TPSA) is 98.3 Å². The van der Waals surface area contributed by atoms with Crippen LogP contribution < -0.4 is 4.74 Å². The number of piperazine rings is 1. The lowest BCUT2D eigenvalue weighted by atomic mass is 9.98. The second kappa shape index (κ2) is 13.2. The molecular formula is C32H38FN3O6. The van der Waals surface area contributed by atoms with Crippen LogP contribution in [0.25, 0.3) is 10.9 Å². The fourth-order valence-electron chi connectivity index (χ4n) is 4.74. The van der Waals surface area contributed by atoms with Crippen LogP contribution in [-0.4, -0.2) is 78.3 Å². The standard InChI is InChI=1S/C32H38FN3O6/c1-6-7-16-41-28-26(30(38)40-5)19-25(29(37)35-12-14-36(15-13-35)31(39)42-32(2,3)4)24-18-22(20-34-27(24)28)17-21-8-10-23(33)11-9-21/h8-11,18-20H,6-7,12-17H2,1-5H3. The lowest BCUT2D eigenvalue weighted by molar-refractivity contribution is 0.0141. The van der Waals surface area contributed by atoms with Gasteiger partial charge in [0.1, 0.15) is 22.5 Å². The lowest BCUT2D eigenvalue weighted by Crippen LogP contribution is -2.51. The Morgan fingerprint density at radius 2 is 1.62 bits per heavy atom. The van der Waals surface area contributed by atoms with Crippen LogP contribution in [0.2, 0.25) is 0 Å². The summed E-state index contributed by atoms with van der Waals surface area (Å²) in [6.07, 6.45) is 3.39. The molecule has 1 aliphatic rings. The summed E-state index contributed by atoms with van der Waals surface area (Å²) in [6.45, 7) is 9.05.